The first-order valence-electron chi connectivity index (χ1n) is 15.2. The van der Waals surface area contributed by atoms with Crippen molar-refractivity contribution in [1.29, 1.82) is 0 Å². The number of alkyl halides is 3. The molecule has 0 saturated heterocycles. The number of carboxylic acids is 1. The summed E-state index contributed by atoms with van der Waals surface area (Å²) in [4.78, 5) is 33.3. The summed E-state index contributed by atoms with van der Waals surface area (Å²) in [6.07, 6.45) is 2.61. The van der Waals surface area contributed by atoms with Crippen molar-refractivity contribution in [3.05, 3.63) is 102 Å². The molecule has 1 amide bonds. The number of benzene rings is 2. The number of nitrogens with one attached hydrogen (secondary N) is 2. The van der Waals surface area contributed by atoms with Crippen LogP contribution in [0.2, 0.25) is 0 Å². The van der Waals surface area contributed by atoms with Gasteiger partial charge in [-0.25, -0.2) is 9.97 Å². The molecule has 0 aliphatic heterocycles. The number of methoxy groups -OCH3 is 2. The van der Waals surface area contributed by atoms with Gasteiger partial charge in [0.15, 0.2) is 0 Å². The summed E-state index contributed by atoms with van der Waals surface area (Å²) in [5.74, 6) is -0.531. The predicted molar refractivity (Wildman–Crippen MR) is 176 cm³/mol. The highest BCUT2D eigenvalue weighted by atomic mass is 19.4. The molecule has 11 nitrogen and oxygen atoms in total. The predicted octanol–water partition coefficient (Wildman–Crippen LogP) is 6.99. The van der Waals surface area contributed by atoms with Gasteiger partial charge < -0.3 is 25.2 Å². The highest BCUT2D eigenvalue weighted by molar-refractivity contribution is 6.05. The van der Waals surface area contributed by atoms with Gasteiger partial charge in [0.1, 0.15) is 28.8 Å². The van der Waals surface area contributed by atoms with E-state index in [9.17, 15) is 27.9 Å². The fraction of sp³-hybridized carbons (Fsp3) is 0.229. The normalized spacial score (nSPS) is 15.9. The fourth-order valence-corrected chi connectivity index (χ4v) is 5.75. The number of pyridine rings is 2. The van der Waals surface area contributed by atoms with Crippen molar-refractivity contribution in [2.24, 2.45) is 5.92 Å². The maximum Gasteiger partial charge on any atom is 0.416 e. The van der Waals surface area contributed by atoms with Gasteiger partial charge in [0, 0.05) is 41.7 Å². The molecule has 0 spiro atoms. The first kappa shape index (κ1) is 33.0. The van der Waals surface area contributed by atoms with Gasteiger partial charge in [0.2, 0.25) is 0 Å². The number of halogens is 3. The molecule has 3 N–H and O–H groups in total. The van der Waals surface area contributed by atoms with Crippen LogP contribution in [0.5, 0.6) is 11.5 Å². The molecule has 5 aromatic rings. The largest absolute Gasteiger partial charge is 0.497 e. The number of rotatable bonds is 10. The Morgan fingerprint density at radius 3 is 2.49 bits per heavy atom. The third kappa shape index (κ3) is 7.03. The Morgan fingerprint density at radius 1 is 1.00 bits per heavy atom. The number of amides is 1. The van der Waals surface area contributed by atoms with Gasteiger partial charge in [-0.15, -0.1) is 0 Å². The Morgan fingerprint density at radius 2 is 1.78 bits per heavy atom. The van der Waals surface area contributed by atoms with Crippen molar-refractivity contribution in [3.63, 3.8) is 0 Å². The maximum absolute atomic E-state index is 13.1. The van der Waals surface area contributed by atoms with E-state index >= 15 is 0 Å². The van der Waals surface area contributed by atoms with Gasteiger partial charge in [-0.2, -0.15) is 18.3 Å². The van der Waals surface area contributed by atoms with Crippen LogP contribution < -0.4 is 20.1 Å². The van der Waals surface area contributed by atoms with Crippen molar-refractivity contribution in [1.82, 2.24) is 19.7 Å². The number of anilines is 2. The molecule has 0 bridgehead atoms. The van der Waals surface area contributed by atoms with Gasteiger partial charge in [0.25, 0.3) is 5.91 Å². The summed E-state index contributed by atoms with van der Waals surface area (Å²) in [5, 5.41) is 21.2. The molecule has 3 aromatic heterocycles. The third-order valence-corrected chi connectivity index (χ3v) is 8.28. The molecule has 252 valence electrons. The van der Waals surface area contributed by atoms with Crippen LogP contribution in [-0.2, 0) is 17.5 Å². The summed E-state index contributed by atoms with van der Waals surface area (Å²) in [7, 11) is 3.14. The summed E-state index contributed by atoms with van der Waals surface area (Å²) >= 11 is 0. The molecule has 1 aliphatic rings. The number of carbonyl (C=O) groups excluding carboxylic acids is 1. The average Bonchev–Trinajstić information content (AvgIpc) is 3.51. The van der Waals surface area contributed by atoms with Gasteiger partial charge in [-0.1, -0.05) is 24.3 Å². The maximum atomic E-state index is 13.1. The van der Waals surface area contributed by atoms with Gasteiger partial charge in [-0.05, 0) is 55.3 Å². The second-order valence-corrected chi connectivity index (χ2v) is 11.3. The molecule has 3 heterocycles. The fourth-order valence-electron chi connectivity index (χ4n) is 5.75. The van der Waals surface area contributed by atoms with Gasteiger partial charge >= 0.3 is 12.1 Å². The molecule has 0 saturated carbocycles. The Bertz CT molecular complexity index is 2040. The highest BCUT2D eigenvalue weighted by Gasteiger charge is 2.31. The number of aromatic nitrogens is 4. The second kappa shape index (κ2) is 13.7. The van der Waals surface area contributed by atoms with Crippen molar-refractivity contribution >= 4 is 34.4 Å². The van der Waals surface area contributed by atoms with Crippen LogP contribution in [0.4, 0.5) is 24.8 Å². The van der Waals surface area contributed by atoms with Crippen LogP contribution in [-0.4, -0.2) is 51.0 Å². The summed E-state index contributed by atoms with van der Waals surface area (Å²) in [5.41, 5.74) is 1.99. The molecule has 2 aromatic carbocycles. The Labute approximate surface area is 278 Å². The minimum Gasteiger partial charge on any atom is -0.497 e. The number of carbonyl (C=O) groups is 2. The quantitative estimate of drug-likeness (QED) is 0.134. The third-order valence-electron chi connectivity index (χ3n) is 8.28. The Kier molecular flexibility index (Phi) is 9.20. The molecule has 14 heteroatoms. The van der Waals surface area contributed by atoms with Crippen LogP contribution in [0.15, 0.2) is 85.2 Å². The van der Waals surface area contributed by atoms with E-state index in [-0.39, 0.29) is 17.4 Å². The minimum atomic E-state index is -4.58. The van der Waals surface area contributed by atoms with Crippen molar-refractivity contribution in [2.45, 2.75) is 31.6 Å². The molecule has 6 rings (SSSR count). The zero-order valence-electron chi connectivity index (χ0n) is 26.4. The van der Waals surface area contributed by atoms with Crippen molar-refractivity contribution < 1.29 is 37.3 Å². The van der Waals surface area contributed by atoms with E-state index in [4.69, 9.17) is 14.6 Å². The smallest absolute Gasteiger partial charge is 0.416 e. The number of fused-ring (bicyclic) bond motifs is 1. The lowest BCUT2D eigenvalue weighted by molar-refractivity contribution is -0.142. The molecule has 0 fully saturated rings. The minimum absolute atomic E-state index is 0.189. The SMILES string of the molecule is COc1ccc(CNc2nccc3c2c(-c2ccc(C(=O)Nc4cc(C(F)(F)F)ccn4)cc2)nn3[C@@H]2C=CC[C@@H](C(=O)O)C2)c(OC)c1. The second-order valence-electron chi connectivity index (χ2n) is 11.3. The van der Waals surface area contributed by atoms with Gasteiger partial charge in [0.05, 0.1) is 42.6 Å². The van der Waals surface area contributed by atoms with Crippen LogP contribution in [0.25, 0.3) is 22.2 Å². The highest BCUT2D eigenvalue weighted by Crippen LogP contribution is 2.38. The number of hydrogen-bond acceptors (Lipinski definition) is 8. The zero-order valence-corrected chi connectivity index (χ0v) is 26.4. The number of hydrogen-bond donors (Lipinski definition) is 3. The number of nitrogens with zero attached hydrogens (tertiary/aromatic N) is 4. The average molecular weight is 673 g/mol. The summed E-state index contributed by atoms with van der Waals surface area (Å²) in [6.45, 7) is 0.344. The number of ether oxygens (including phenoxy) is 2. The van der Waals surface area contributed by atoms with Crippen LogP contribution in [0.3, 0.4) is 0 Å². The topological polar surface area (TPSA) is 140 Å². The van der Waals surface area contributed by atoms with Crippen LogP contribution in [0, 0.1) is 5.92 Å². The lowest BCUT2D eigenvalue weighted by Crippen LogP contribution is -2.22. The monoisotopic (exact) mass is 672 g/mol. The zero-order chi connectivity index (χ0) is 34.7. The number of allylic oxidation sites excluding steroid dienone is 2. The van der Waals surface area contributed by atoms with E-state index in [1.165, 1.54) is 12.1 Å². The van der Waals surface area contributed by atoms with Crippen molar-refractivity contribution in [3.8, 4) is 22.8 Å². The molecular formula is C35H31F3N6O5. The Balaban J connectivity index is 1.35. The van der Waals surface area contributed by atoms with E-state index in [0.717, 1.165) is 23.9 Å². The van der Waals surface area contributed by atoms with E-state index in [1.54, 1.807) is 43.3 Å². The van der Waals surface area contributed by atoms with E-state index in [1.807, 2.05) is 30.4 Å². The molecule has 49 heavy (non-hydrogen) atoms. The summed E-state index contributed by atoms with van der Waals surface area (Å²) in [6, 6.07) is 15.0. The van der Waals surface area contributed by atoms with Crippen molar-refractivity contribution in [2.75, 3.05) is 24.9 Å². The van der Waals surface area contributed by atoms with E-state index in [2.05, 4.69) is 20.6 Å². The molecule has 0 radical (unpaired) electrons. The lowest BCUT2D eigenvalue weighted by Gasteiger charge is -2.22. The standard InChI is InChI=1S/C35H31F3N6O5/c1-48-26-11-10-23(28(18-26)49-2)19-41-32-30-27(13-15-40-32)44(25-5-3-4-22(16-25)34(46)47)43-31(30)20-6-8-21(9-7-20)33(45)42-29-17-24(12-14-39-29)35(36,37)38/h3,5-15,17-18,22,25H,4,16,19H2,1-2H3,(H,40,41)(H,46,47)(H,39,42,45)/t22-,25-/m1/s1. The van der Waals surface area contributed by atoms with Crippen LogP contribution >= 0.6 is 0 Å². The van der Waals surface area contributed by atoms with E-state index in [0.29, 0.717) is 58.9 Å². The number of aliphatic carboxylic acids is 1. The van der Waals surface area contributed by atoms with Crippen LogP contribution in [0.1, 0.15) is 40.4 Å². The first-order valence-corrected chi connectivity index (χ1v) is 15.2. The first-order chi connectivity index (χ1) is 23.5. The summed E-state index contributed by atoms with van der Waals surface area (Å²) < 4.78 is 52.1. The van der Waals surface area contributed by atoms with E-state index < -0.39 is 29.5 Å². The molecule has 1 aliphatic carbocycles. The molecule has 2 atom stereocenters. The Hall–Kier alpha value is -5.92. The molecular weight excluding hydrogens is 641 g/mol. The van der Waals surface area contributed by atoms with Gasteiger partial charge in [-0.3, -0.25) is 14.3 Å². The lowest BCUT2D eigenvalue weighted by atomic mass is 9.91. The molecule has 0 unspecified atom stereocenters. The number of carboxylic acid groups (broad SMARTS) is 1.